The van der Waals surface area contributed by atoms with Gasteiger partial charge in [-0.2, -0.15) is 9.97 Å². The second kappa shape index (κ2) is 13.2. The topological polar surface area (TPSA) is 49.6 Å². The van der Waals surface area contributed by atoms with Gasteiger partial charge in [0, 0.05) is 17.8 Å². The van der Waals surface area contributed by atoms with Crippen LogP contribution in [0.2, 0.25) is 0 Å². The summed E-state index contributed by atoms with van der Waals surface area (Å²) in [4.78, 5) is 20.6. The second-order valence-corrected chi connectivity index (χ2v) is 10.6. The van der Waals surface area contributed by atoms with E-state index in [-0.39, 0.29) is 0 Å². The zero-order chi connectivity index (χ0) is 30.6. The molecular weight excluding hydrogens is 707 g/mol. The van der Waals surface area contributed by atoms with Gasteiger partial charge in [-0.25, -0.2) is 14.8 Å². The molecule has 6 aromatic rings. The number of nitrogens with one attached hydrogen (secondary N) is 1. The van der Waals surface area contributed by atoms with Crippen molar-refractivity contribution in [2.24, 2.45) is 0 Å². The molecule has 0 radical (unpaired) electrons. The molecule has 222 valence electrons. The van der Waals surface area contributed by atoms with Gasteiger partial charge in [0.15, 0.2) is 11.6 Å². The molecule has 0 unspecified atom stereocenters. The van der Waals surface area contributed by atoms with Gasteiger partial charge >= 0.3 is 33.1 Å². The maximum atomic E-state index is 5.24. The molecule has 3 aromatic carbocycles. The van der Waals surface area contributed by atoms with Gasteiger partial charge in [-0.15, -0.1) is 0 Å². The van der Waals surface area contributed by atoms with Crippen molar-refractivity contribution in [1.29, 1.82) is 0 Å². The van der Waals surface area contributed by atoms with Crippen molar-refractivity contribution in [3.8, 4) is 0 Å². The van der Waals surface area contributed by atoms with Crippen LogP contribution in [0.15, 0.2) is 127 Å². The van der Waals surface area contributed by atoms with Crippen LogP contribution in [0.25, 0.3) is 0 Å². The molecule has 0 fully saturated rings. The minimum atomic E-state index is 0.775. The molecule has 0 saturated carbocycles. The van der Waals surface area contributed by atoms with Crippen LogP contribution in [-0.2, 0) is 12.8 Å². The molecule has 1 aliphatic heterocycles. The number of hydrogen-bond acceptors (Lipinski definition) is 5. The summed E-state index contributed by atoms with van der Waals surface area (Å²) < 4.78 is 0. The predicted octanol–water partition coefficient (Wildman–Crippen LogP) is 9.82. The zero-order valence-corrected chi connectivity index (χ0v) is 27.6. The molecule has 6 bridgehead atoms. The summed E-state index contributed by atoms with van der Waals surface area (Å²) in [5, 5.41) is 0. The van der Waals surface area contributed by atoms with Gasteiger partial charge < -0.3 is 0 Å². The Balaban J connectivity index is 0.00000168. The van der Waals surface area contributed by atoms with Crippen molar-refractivity contribution in [3.63, 3.8) is 0 Å². The Morgan fingerprint density at radius 3 is 1.09 bits per heavy atom. The number of anilines is 9. The van der Waals surface area contributed by atoms with E-state index < -0.39 is 0 Å². The van der Waals surface area contributed by atoms with E-state index in [1.165, 1.54) is 16.7 Å². The number of aryl methyl sites for hydroxylation is 3. The van der Waals surface area contributed by atoms with Crippen LogP contribution in [0.4, 0.5) is 52.0 Å². The summed E-state index contributed by atoms with van der Waals surface area (Å²) in [7, 11) is 0. The van der Waals surface area contributed by atoms with E-state index >= 15 is 0 Å². The predicted molar refractivity (Wildman–Crippen MR) is 184 cm³/mol. The first-order valence-electron chi connectivity index (χ1n) is 14.2. The van der Waals surface area contributed by atoms with Crippen LogP contribution in [0.5, 0.6) is 0 Å². The summed E-state index contributed by atoms with van der Waals surface area (Å²) in [5.74, 6) is 4.91. The number of hydrogen-bond donors (Lipinski definition) is 0. The zero-order valence-electron chi connectivity index (χ0n) is 24.5. The molecule has 44 heavy (non-hydrogen) atoms. The van der Waals surface area contributed by atoms with Crippen molar-refractivity contribution in [3.05, 3.63) is 144 Å². The fraction of sp³-hybridized carbons (Fsp3) is 0.0833. The molecule has 0 spiro atoms. The van der Waals surface area contributed by atoms with Gasteiger partial charge in [-0.3, -0.25) is 4.90 Å². The van der Waals surface area contributed by atoms with Crippen LogP contribution in [0.1, 0.15) is 16.7 Å². The van der Waals surface area contributed by atoms with Crippen LogP contribution in [0, 0.1) is 20.8 Å². The Morgan fingerprint density at radius 2 is 0.727 bits per heavy atom. The Morgan fingerprint density at radius 1 is 0.432 bits per heavy atom. The Labute approximate surface area is 278 Å². The molecule has 8 heteroatoms. The number of rotatable bonds is 3. The van der Waals surface area contributed by atoms with Gasteiger partial charge in [-0.05, 0) is 87.5 Å². The van der Waals surface area contributed by atoms with Crippen molar-refractivity contribution in [1.82, 2.24) is 9.97 Å². The fourth-order valence-electron chi connectivity index (χ4n) is 5.28. The number of fused-ring (bicyclic) bond motifs is 6. The molecule has 0 saturated heterocycles. The van der Waals surface area contributed by atoms with E-state index in [0.717, 1.165) is 52.0 Å². The van der Waals surface area contributed by atoms with Gasteiger partial charge in [0.1, 0.15) is 23.0 Å². The van der Waals surface area contributed by atoms with E-state index in [9.17, 15) is 0 Å². The van der Waals surface area contributed by atoms with Crippen LogP contribution in [0.3, 0.4) is 0 Å². The molecule has 3 aromatic heterocycles. The number of benzene rings is 3. The van der Waals surface area contributed by atoms with Gasteiger partial charge in [0.25, 0.3) is 0 Å². The average molecular weight is 738 g/mol. The third-order valence-corrected chi connectivity index (χ3v) is 7.48. The van der Waals surface area contributed by atoms with Crippen molar-refractivity contribution in [2.45, 2.75) is 20.8 Å². The number of pyridine rings is 3. The second-order valence-electron chi connectivity index (χ2n) is 10.6. The first-order valence-corrected chi connectivity index (χ1v) is 17.3. The van der Waals surface area contributed by atoms with E-state index in [2.05, 4.69) is 156 Å². The molecular formula is C36H31CuIN6+. The van der Waals surface area contributed by atoms with Gasteiger partial charge in [0.05, 0.1) is 0 Å². The average Bonchev–Trinajstić information content (AvgIpc) is 3.06. The molecule has 0 atom stereocenters. The standard InChI is InChI=1S/C36H30N6.Cu.HI/c1-25-13-19-28(20-14-25)40-31-7-4-9-33(37-31)41(29-21-15-26(2)16-22-29)35-11-6-12-36(39-35)42(30-23-17-27(3)18-24-30)34-10-5-8-32(40)38-34;;/h4-24H,1-3H3;;1H/q;+1;. The van der Waals surface area contributed by atoms with Crippen molar-refractivity contribution >= 4 is 72.3 Å². The molecule has 4 heterocycles. The first-order chi connectivity index (χ1) is 21.5. The van der Waals surface area contributed by atoms with E-state index in [1.54, 1.807) is 20.3 Å². The number of aromatic amines is 1. The Kier molecular flexibility index (Phi) is 8.93. The van der Waals surface area contributed by atoms with E-state index in [4.69, 9.17) is 9.97 Å². The molecule has 0 aliphatic carbocycles. The summed E-state index contributed by atoms with van der Waals surface area (Å²) in [6.07, 6.45) is 0. The van der Waals surface area contributed by atoms with E-state index in [0.29, 0.717) is 0 Å². The first kappa shape index (κ1) is 29.8. The molecule has 7 rings (SSSR count). The summed E-state index contributed by atoms with van der Waals surface area (Å²) in [6, 6.07) is 44.0. The quantitative estimate of drug-likeness (QED) is 0.134. The number of halogens is 1. The maximum absolute atomic E-state index is 5.24. The van der Waals surface area contributed by atoms with Crippen LogP contribution >= 0.6 is 20.3 Å². The monoisotopic (exact) mass is 737 g/mol. The normalized spacial score (nSPS) is 12.1. The Hall–Kier alpha value is -4.24. The van der Waals surface area contributed by atoms with Crippen molar-refractivity contribution < 1.29 is 17.7 Å². The third kappa shape index (κ3) is 6.06. The van der Waals surface area contributed by atoms with Crippen LogP contribution < -0.4 is 19.7 Å². The van der Waals surface area contributed by atoms with Crippen LogP contribution in [-0.4, -0.2) is 9.97 Å². The van der Waals surface area contributed by atoms with Gasteiger partial charge in [0.2, 0.25) is 11.6 Å². The fourth-order valence-corrected chi connectivity index (χ4v) is 5.28. The van der Waals surface area contributed by atoms with E-state index in [1.807, 2.05) is 24.3 Å². The molecule has 1 N–H and O–H groups in total. The third-order valence-electron chi connectivity index (χ3n) is 7.48. The Bertz CT molecular complexity index is 1600. The van der Waals surface area contributed by atoms with Crippen molar-refractivity contribution in [2.75, 3.05) is 14.7 Å². The molecule has 6 nitrogen and oxygen atoms in total. The minimum absolute atomic E-state index is 0.775. The molecule has 0 amide bonds. The number of aromatic nitrogens is 3. The van der Waals surface area contributed by atoms with Gasteiger partial charge in [-0.1, -0.05) is 65.2 Å². The summed E-state index contributed by atoms with van der Waals surface area (Å²) in [5.41, 5.74) is 6.61. The number of nitrogens with zero attached hydrogens (tertiary/aromatic N) is 5. The summed E-state index contributed by atoms with van der Waals surface area (Å²) in [6.45, 7) is 6.30. The molecule has 1 aliphatic rings. The number of H-pyrrole nitrogens is 1. The SMILES string of the molecule is Cc1ccc(N2c3cccc(n3)N(c3ccc(C)cc3)c3cccc([nH+]3)N(c3ccc(C)cc3)c3cccc2n3)cc1.[Cu][I]. The summed E-state index contributed by atoms with van der Waals surface area (Å²) >= 11 is 5.87.